The van der Waals surface area contributed by atoms with E-state index in [1.165, 1.54) is 5.56 Å². The van der Waals surface area contributed by atoms with Gasteiger partial charge in [-0.25, -0.2) is 0 Å². The second-order valence-electron chi connectivity index (χ2n) is 7.70. The molecule has 28 heavy (non-hydrogen) atoms. The molecule has 3 heterocycles. The van der Waals surface area contributed by atoms with Gasteiger partial charge >= 0.3 is 0 Å². The number of likely N-dealkylation sites (N-methyl/N-ethyl adjacent to an activating group) is 1. The van der Waals surface area contributed by atoms with Crippen molar-refractivity contribution in [3.05, 3.63) is 65.5 Å². The summed E-state index contributed by atoms with van der Waals surface area (Å²) < 4.78 is 0. The van der Waals surface area contributed by atoms with Crippen molar-refractivity contribution in [1.82, 2.24) is 9.88 Å². The lowest BCUT2D eigenvalue weighted by atomic mass is 9.81. The molecule has 2 aromatic rings. The zero-order valence-electron chi connectivity index (χ0n) is 16.5. The van der Waals surface area contributed by atoms with E-state index in [9.17, 15) is 9.90 Å². The summed E-state index contributed by atoms with van der Waals surface area (Å²) in [6, 6.07) is 10.3. The number of allylic oxidation sites excluding steroid dienone is 1. The van der Waals surface area contributed by atoms with Gasteiger partial charge in [-0.1, -0.05) is 24.3 Å². The topological polar surface area (TPSA) is 56.7 Å². The third-order valence-corrected chi connectivity index (χ3v) is 6.13. The summed E-state index contributed by atoms with van der Waals surface area (Å²) in [5.74, 6) is 0.366. The van der Waals surface area contributed by atoms with Gasteiger partial charge in [-0.2, -0.15) is 0 Å². The maximum absolute atomic E-state index is 13.2. The summed E-state index contributed by atoms with van der Waals surface area (Å²) in [5.41, 5.74) is 4.37. The average Bonchev–Trinajstić information content (AvgIpc) is 3.14. The Morgan fingerprint density at radius 2 is 2.21 bits per heavy atom. The van der Waals surface area contributed by atoms with Crippen molar-refractivity contribution < 1.29 is 9.90 Å². The van der Waals surface area contributed by atoms with Crippen LogP contribution in [0.25, 0.3) is 6.08 Å². The molecule has 1 fully saturated rings. The number of aliphatic hydroxyl groups excluding tert-OH is 1. The quantitative estimate of drug-likeness (QED) is 0.890. The Labute approximate surface area is 166 Å². The van der Waals surface area contributed by atoms with Gasteiger partial charge in [-0.15, -0.1) is 0 Å². The van der Waals surface area contributed by atoms with Crippen LogP contribution in [0.5, 0.6) is 0 Å². The normalized spacial score (nSPS) is 23.8. The van der Waals surface area contributed by atoms with Crippen LogP contribution in [0, 0.1) is 5.92 Å². The minimum atomic E-state index is 0.0118. The highest BCUT2D eigenvalue weighted by Crippen LogP contribution is 2.48. The van der Waals surface area contributed by atoms with Crippen LogP contribution in [0.4, 0.5) is 5.69 Å². The number of pyridine rings is 1. The van der Waals surface area contributed by atoms with Crippen LogP contribution in [0.3, 0.4) is 0 Å². The van der Waals surface area contributed by atoms with Gasteiger partial charge in [0.05, 0.1) is 25.1 Å². The van der Waals surface area contributed by atoms with Crippen LogP contribution in [0.15, 0.2) is 48.8 Å². The van der Waals surface area contributed by atoms with Crippen LogP contribution in [0.2, 0.25) is 0 Å². The highest BCUT2D eigenvalue weighted by atomic mass is 16.3. The SMILES string of the molecule is C/C=C/c1ccc2c(c1)[C@@H]1[C@@H](CCN1C(=O)Cc1cccnc1)[C@H](CO)N2C. The van der Waals surface area contributed by atoms with Gasteiger partial charge in [-0.05, 0) is 48.2 Å². The van der Waals surface area contributed by atoms with Crippen molar-refractivity contribution in [2.24, 2.45) is 5.92 Å². The lowest BCUT2D eigenvalue weighted by Crippen LogP contribution is -2.48. The molecule has 3 atom stereocenters. The van der Waals surface area contributed by atoms with Gasteiger partial charge in [0.1, 0.15) is 0 Å². The number of benzene rings is 1. The summed E-state index contributed by atoms with van der Waals surface area (Å²) in [4.78, 5) is 21.5. The maximum Gasteiger partial charge on any atom is 0.227 e. The van der Waals surface area contributed by atoms with E-state index in [0.717, 1.165) is 29.8 Å². The van der Waals surface area contributed by atoms with Crippen molar-refractivity contribution in [1.29, 1.82) is 0 Å². The molecule has 2 aliphatic rings. The monoisotopic (exact) mass is 377 g/mol. The minimum Gasteiger partial charge on any atom is -0.394 e. The minimum absolute atomic E-state index is 0.0118. The molecule has 0 unspecified atom stereocenters. The molecule has 0 aliphatic carbocycles. The van der Waals surface area contributed by atoms with Crippen molar-refractivity contribution in [2.75, 3.05) is 25.1 Å². The van der Waals surface area contributed by atoms with Crippen molar-refractivity contribution in [2.45, 2.75) is 31.8 Å². The fourth-order valence-electron chi connectivity index (χ4n) is 4.83. The molecule has 1 saturated heterocycles. The standard InChI is InChI=1S/C23H27N3O2/c1-3-5-16-7-8-20-19(12-16)23-18(21(15-27)25(20)2)9-11-26(23)22(28)13-17-6-4-10-24-14-17/h3-8,10,12,14,18,21,23,27H,9,11,13,15H2,1-2H3/b5-3+/t18-,21-,23-/m0/s1. The van der Waals surface area contributed by atoms with Crippen LogP contribution in [-0.4, -0.2) is 47.1 Å². The molecule has 0 saturated carbocycles. The number of fused-ring (bicyclic) bond motifs is 3. The molecule has 146 valence electrons. The fraction of sp³-hybridized carbons (Fsp3) is 0.391. The van der Waals surface area contributed by atoms with Crippen molar-refractivity contribution >= 4 is 17.7 Å². The predicted molar refractivity (Wildman–Crippen MR) is 111 cm³/mol. The zero-order chi connectivity index (χ0) is 19.7. The number of aliphatic hydroxyl groups is 1. The fourth-order valence-corrected chi connectivity index (χ4v) is 4.83. The molecule has 5 nitrogen and oxygen atoms in total. The Hall–Kier alpha value is -2.66. The van der Waals surface area contributed by atoms with Crippen molar-refractivity contribution in [3.8, 4) is 0 Å². The van der Waals surface area contributed by atoms with Gasteiger partial charge in [0, 0.05) is 37.6 Å². The highest BCUT2D eigenvalue weighted by Gasteiger charge is 2.47. The molecule has 5 heteroatoms. The third-order valence-electron chi connectivity index (χ3n) is 6.13. The Balaban J connectivity index is 1.71. The van der Waals surface area contributed by atoms with E-state index in [-0.39, 0.29) is 30.5 Å². The molecule has 1 aromatic heterocycles. The average molecular weight is 377 g/mol. The van der Waals surface area contributed by atoms with Crippen LogP contribution in [-0.2, 0) is 11.2 Å². The lowest BCUT2D eigenvalue weighted by molar-refractivity contribution is -0.132. The van der Waals surface area contributed by atoms with Crippen LogP contribution in [0.1, 0.15) is 36.1 Å². The van der Waals surface area contributed by atoms with E-state index in [1.54, 1.807) is 12.4 Å². The molecule has 4 rings (SSSR count). The number of hydrogen-bond acceptors (Lipinski definition) is 4. The molecule has 1 amide bonds. The van der Waals surface area contributed by atoms with E-state index >= 15 is 0 Å². The molecule has 0 spiro atoms. The summed E-state index contributed by atoms with van der Waals surface area (Å²) in [5, 5.41) is 10.1. The molecular weight excluding hydrogens is 350 g/mol. The Kier molecular flexibility index (Phi) is 5.18. The smallest absolute Gasteiger partial charge is 0.227 e. The van der Waals surface area contributed by atoms with Crippen molar-refractivity contribution in [3.63, 3.8) is 0 Å². The van der Waals surface area contributed by atoms with E-state index in [1.807, 2.05) is 37.1 Å². The number of carbonyl (C=O) groups excluding carboxylic acids is 1. The number of anilines is 1. The third kappa shape index (κ3) is 3.20. The number of carbonyl (C=O) groups is 1. The summed E-state index contributed by atoms with van der Waals surface area (Å²) >= 11 is 0. The molecule has 1 aromatic carbocycles. The van der Waals surface area contributed by atoms with E-state index in [2.05, 4.69) is 34.2 Å². The summed E-state index contributed by atoms with van der Waals surface area (Å²) in [7, 11) is 2.05. The maximum atomic E-state index is 13.2. The second kappa shape index (κ2) is 7.76. The predicted octanol–water partition coefficient (Wildman–Crippen LogP) is 3.06. The molecule has 1 N–H and O–H groups in total. The Bertz CT molecular complexity index is 881. The Morgan fingerprint density at radius 3 is 2.93 bits per heavy atom. The van der Waals surface area contributed by atoms with Gasteiger partial charge in [0.15, 0.2) is 0 Å². The number of rotatable bonds is 4. The molecule has 0 radical (unpaired) electrons. The largest absolute Gasteiger partial charge is 0.394 e. The number of nitrogens with zero attached hydrogens (tertiary/aromatic N) is 3. The lowest BCUT2D eigenvalue weighted by Gasteiger charge is -2.44. The summed E-state index contributed by atoms with van der Waals surface area (Å²) in [6.45, 7) is 2.83. The van der Waals surface area contributed by atoms with Crippen LogP contribution >= 0.6 is 0 Å². The molecular formula is C23H27N3O2. The van der Waals surface area contributed by atoms with E-state index in [0.29, 0.717) is 6.42 Å². The second-order valence-corrected chi connectivity index (χ2v) is 7.70. The number of hydrogen-bond donors (Lipinski definition) is 1. The van der Waals surface area contributed by atoms with Gasteiger partial charge in [0.2, 0.25) is 5.91 Å². The number of likely N-dealkylation sites (tertiary alicyclic amines) is 1. The number of amides is 1. The van der Waals surface area contributed by atoms with Gasteiger partial charge in [-0.3, -0.25) is 9.78 Å². The Morgan fingerprint density at radius 1 is 1.36 bits per heavy atom. The van der Waals surface area contributed by atoms with E-state index in [4.69, 9.17) is 0 Å². The first kappa shape index (κ1) is 18.7. The highest BCUT2D eigenvalue weighted by molar-refractivity contribution is 5.80. The summed E-state index contributed by atoms with van der Waals surface area (Å²) in [6.07, 6.45) is 8.87. The van der Waals surface area contributed by atoms with Gasteiger partial charge in [0.25, 0.3) is 0 Å². The molecule has 0 bridgehead atoms. The molecule has 2 aliphatic heterocycles. The van der Waals surface area contributed by atoms with Crippen LogP contribution < -0.4 is 4.90 Å². The first-order valence-corrected chi connectivity index (χ1v) is 9.92. The van der Waals surface area contributed by atoms with Gasteiger partial charge < -0.3 is 14.9 Å². The number of aromatic nitrogens is 1. The zero-order valence-corrected chi connectivity index (χ0v) is 16.5. The first-order valence-electron chi connectivity index (χ1n) is 9.92. The van der Waals surface area contributed by atoms with E-state index < -0.39 is 0 Å². The first-order chi connectivity index (χ1) is 13.6.